The molecule has 2 unspecified atom stereocenters. The van der Waals surface area contributed by atoms with Crippen LogP contribution >= 0.6 is 0 Å². The SMILES string of the molecule is CC(C)(C)OC(=O)N1CCCC(C(C#N)C2CC2)CC1. The summed E-state index contributed by atoms with van der Waals surface area (Å²) in [4.78, 5) is 13.9. The van der Waals surface area contributed by atoms with E-state index in [0.29, 0.717) is 11.8 Å². The highest BCUT2D eigenvalue weighted by atomic mass is 16.6. The fourth-order valence-corrected chi connectivity index (χ4v) is 3.04. The van der Waals surface area contributed by atoms with Crippen LogP contribution in [0.15, 0.2) is 0 Å². The van der Waals surface area contributed by atoms with E-state index < -0.39 is 5.60 Å². The number of hydrogen-bond donors (Lipinski definition) is 0. The van der Waals surface area contributed by atoms with E-state index >= 15 is 0 Å². The Morgan fingerprint density at radius 1 is 1.20 bits per heavy atom. The molecule has 0 spiro atoms. The van der Waals surface area contributed by atoms with E-state index in [1.54, 1.807) is 0 Å². The summed E-state index contributed by atoms with van der Waals surface area (Å²) in [6.07, 6.45) is 5.20. The van der Waals surface area contributed by atoms with Crippen LogP contribution in [-0.2, 0) is 4.74 Å². The van der Waals surface area contributed by atoms with Gasteiger partial charge in [-0.1, -0.05) is 0 Å². The molecule has 0 aromatic rings. The maximum atomic E-state index is 12.1. The van der Waals surface area contributed by atoms with Gasteiger partial charge >= 0.3 is 6.09 Å². The summed E-state index contributed by atoms with van der Waals surface area (Å²) in [5.74, 6) is 1.28. The first kappa shape index (κ1) is 15.2. The Morgan fingerprint density at radius 3 is 2.40 bits per heavy atom. The monoisotopic (exact) mass is 278 g/mol. The lowest BCUT2D eigenvalue weighted by Gasteiger charge is -2.26. The minimum Gasteiger partial charge on any atom is -0.444 e. The Bertz CT molecular complexity index is 390. The zero-order chi connectivity index (χ0) is 14.8. The standard InChI is InChI=1S/C16H26N2O2/c1-16(2,3)20-15(19)18-9-4-5-12(8-10-18)14(11-17)13-6-7-13/h12-14H,4-10H2,1-3H3. The van der Waals surface area contributed by atoms with Crippen molar-refractivity contribution in [1.29, 1.82) is 5.26 Å². The summed E-state index contributed by atoms with van der Waals surface area (Å²) >= 11 is 0. The molecule has 2 aliphatic rings. The van der Waals surface area contributed by atoms with Gasteiger partial charge in [-0.3, -0.25) is 0 Å². The Labute approximate surface area is 122 Å². The summed E-state index contributed by atoms with van der Waals surface area (Å²) in [5, 5.41) is 9.35. The van der Waals surface area contributed by atoms with Crippen molar-refractivity contribution in [3.63, 3.8) is 0 Å². The predicted molar refractivity (Wildman–Crippen MR) is 77.0 cm³/mol. The van der Waals surface area contributed by atoms with Crippen LogP contribution in [0.4, 0.5) is 4.79 Å². The van der Waals surface area contributed by atoms with Crippen LogP contribution in [0.2, 0.25) is 0 Å². The van der Waals surface area contributed by atoms with Gasteiger partial charge in [0.05, 0.1) is 12.0 Å². The van der Waals surface area contributed by atoms with Gasteiger partial charge in [-0.25, -0.2) is 4.79 Å². The molecule has 4 nitrogen and oxygen atoms in total. The summed E-state index contributed by atoms with van der Waals surface area (Å²) in [6, 6.07) is 2.51. The average molecular weight is 278 g/mol. The van der Waals surface area contributed by atoms with Gasteiger partial charge in [0, 0.05) is 13.1 Å². The molecule has 0 bridgehead atoms. The molecule has 2 fully saturated rings. The maximum Gasteiger partial charge on any atom is 0.410 e. The highest BCUT2D eigenvalue weighted by Crippen LogP contribution is 2.43. The lowest BCUT2D eigenvalue weighted by molar-refractivity contribution is 0.0254. The zero-order valence-corrected chi connectivity index (χ0v) is 12.9. The molecule has 0 N–H and O–H groups in total. The Hall–Kier alpha value is -1.24. The van der Waals surface area contributed by atoms with Gasteiger partial charge in [-0.05, 0) is 64.7 Å². The second kappa shape index (κ2) is 6.03. The van der Waals surface area contributed by atoms with Crippen LogP contribution in [-0.4, -0.2) is 29.7 Å². The normalized spacial score (nSPS) is 25.5. The van der Waals surface area contributed by atoms with E-state index in [4.69, 9.17) is 4.74 Å². The number of hydrogen-bond acceptors (Lipinski definition) is 3. The maximum absolute atomic E-state index is 12.1. The third-order valence-corrected chi connectivity index (χ3v) is 4.21. The van der Waals surface area contributed by atoms with Crippen molar-refractivity contribution in [2.45, 2.75) is 58.5 Å². The molecule has 4 heteroatoms. The lowest BCUT2D eigenvalue weighted by Crippen LogP contribution is -2.37. The number of rotatable bonds is 2. The quantitative estimate of drug-likeness (QED) is 0.776. The smallest absolute Gasteiger partial charge is 0.410 e. The number of nitriles is 1. The first-order chi connectivity index (χ1) is 9.40. The van der Waals surface area contributed by atoms with Crippen molar-refractivity contribution in [3.05, 3.63) is 0 Å². The van der Waals surface area contributed by atoms with Crippen LogP contribution in [0.1, 0.15) is 52.9 Å². The molecular formula is C16H26N2O2. The van der Waals surface area contributed by atoms with Crippen LogP contribution in [0.5, 0.6) is 0 Å². The third-order valence-electron chi connectivity index (χ3n) is 4.21. The largest absolute Gasteiger partial charge is 0.444 e. The van der Waals surface area contributed by atoms with Gasteiger partial charge in [0.2, 0.25) is 0 Å². The Balaban J connectivity index is 1.88. The molecule has 0 radical (unpaired) electrons. The van der Waals surface area contributed by atoms with Crippen LogP contribution in [0.3, 0.4) is 0 Å². The fraction of sp³-hybridized carbons (Fsp3) is 0.875. The van der Waals surface area contributed by atoms with Crippen LogP contribution < -0.4 is 0 Å². The van der Waals surface area contributed by atoms with Gasteiger partial charge in [0.1, 0.15) is 5.60 Å². The predicted octanol–water partition coefficient (Wildman–Crippen LogP) is 3.57. The number of carbonyl (C=O) groups excluding carboxylic acids is 1. The topological polar surface area (TPSA) is 53.3 Å². The molecule has 2 atom stereocenters. The zero-order valence-electron chi connectivity index (χ0n) is 12.9. The van der Waals surface area contributed by atoms with Crippen molar-refractivity contribution in [3.8, 4) is 6.07 Å². The van der Waals surface area contributed by atoms with Crippen molar-refractivity contribution < 1.29 is 9.53 Å². The van der Waals surface area contributed by atoms with E-state index in [0.717, 1.165) is 32.4 Å². The number of amides is 1. The average Bonchev–Trinajstić information content (AvgIpc) is 3.14. The third kappa shape index (κ3) is 4.13. The molecule has 112 valence electrons. The minimum atomic E-state index is -0.439. The second-order valence-electron chi connectivity index (χ2n) is 7.15. The molecule has 1 amide bonds. The molecule has 2 rings (SSSR count). The van der Waals surface area contributed by atoms with E-state index in [1.807, 2.05) is 25.7 Å². The van der Waals surface area contributed by atoms with Crippen molar-refractivity contribution in [2.75, 3.05) is 13.1 Å². The van der Waals surface area contributed by atoms with E-state index in [1.165, 1.54) is 12.8 Å². The molecule has 20 heavy (non-hydrogen) atoms. The van der Waals surface area contributed by atoms with Gasteiger partial charge in [0.15, 0.2) is 0 Å². The molecule has 0 aromatic heterocycles. The molecule has 0 aromatic carbocycles. The van der Waals surface area contributed by atoms with Crippen molar-refractivity contribution in [1.82, 2.24) is 4.90 Å². The van der Waals surface area contributed by atoms with Crippen molar-refractivity contribution >= 4 is 6.09 Å². The molecule has 1 aliphatic heterocycles. The van der Waals surface area contributed by atoms with Gasteiger partial charge in [-0.2, -0.15) is 5.26 Å². The molecule has 1 saturated heterocycles. The molecular weight excluding hydrogens is 252 g/mol. The number of ether oxygens (including phenoxy) is 1. The van der Waals surface area contributed by atoms with Gasteiger partial charge in [-0.15, -0.1) is 0 Å². The Kier molecular flexibility index (Phi) is 4.57. The highest BCUT2D eigenvalue weighted by Gasteiger charge is 2.37. The molecule has 1 heterocycles. The van der Waals surface area contributed by atoms with E-state index in [-0.39, 0.29) is 12.0 Å². The molecule has 1 aliphatic carbocycles. The molecule has 1 saturated carbocycles. The lowest BCUT2D eigenvalue weighted by atomic mass is 9.84. The highest BCUT2D eigenvalue weighted by molar-refractivity contribution is 5.68. The summed E-state index contributed by atoms with van der Waals surface area (Å²) < 4.78 is 5.44. The van der Waals surface area contributed by atoms with Crippen LogP contribution in [0.25, 0.3) is 0 Å². The van der Waals surface area contributed by atoms with Gasteiger partial charge < -0.3 is 9.64 Å². The van der Waals surface area contributed by atoms with E-state index in [2.05, 4.69) is 6.07 Å². The first-order valence-corrected chi connectivity index (χ1v) is 7.78. The van der Waals surface area contributed by atoms with Crippen LogP contribution in [0, 0.1) is 29.1 Å². The summed E-state index contributed by atoms with van der Waals surface area (Å²) in [7, 11) is 0. The van der Waals surface area contributed by atoms with Gasteiger partial charge in [0.25, 0.3) is 0 Å². The number of nitrogens with zero attached hydrogens (tertiary/aromatic N) is 2. The summed E-state index contributed by atoms with van der Waals surface area (Å²) in [5.41, 5.74) is -0.439. The first-order valence-electron chi connectivity index (χ1n) is 7.78. The van der Waals surface area contributed by atoms with Crippen molar-refractivity contribution in [2.24, 2.45) is 17.8 Å². The fourth-order valence-electron chi connectivity index (χ4n) is 3.04. The Morgan fingerprint density at radius 2 is 1.85 bits per heavy atom. The van der Waals surface area contributed by atoms with E-state index in [9.17, 15) is 10.1 Å². The number of likely N-dealkylation sites (tertiary alicyclic amines) is 1. The summed E-state index contributed by atoms with van der Waals surface area (Å²) in [6.45, 7) is 7.16. The minimum absolute atomic E-state index is 0.202. The second-order valence-corrected chi connectivity index (χ2v) is 7.15. The number of carbonyl (C=O) groups is 1.